The van der Waals surface area contributed by atoms with Gasteiger partial charge in [-0.3, -0.25) is 4.79 Å². The van der Waals surface area contributed by atoms with E-state index >= 15 is 0 Å². The van der Waals surface area contributed by atoms with Crippen molar-refractivity contribution < 1.29 is 9.21 Å². The SMILES string of the molecule is Cc1cc2cc(C(=O)NCCc3nnc(C)s3)ccc2o1. The zero-order chi connectivity index (χ0) is 14.8. The summed E-state index contributed by atoms with van der Waals surface area (Å²) in [5, 5.41) is 13.7. The summed E-state index contributed by atoms with van der Waals surface area (Å²) in [7, 11) is 0. The lowest BCUT2D eigenvalue weighted by Crippen LogP contribution is -2.25. The molecule has 0 saturated heterocycles. The van der Waals surface area contributed by atoms with Crippen LogP contribution in [-0.4, -0.2) is 22.6 Å². The van der Waals surface area contributed by atoms with Crippen molar-refractivity contribution in [3.63, 3.8) is 0 Å². The first-order valence-corrected chi connectivity index (χ1v) is 7.51. The lowest BCUT2D eigenvalue weighted by molar-refractivity contribution is 0.0954. The maximum Gasteiger partial charge on any atom is 0.251 e. The Morgan fingerprint density at radius 1 is 1.29 bits per heavy atom. The molecule has 6 heteroatoms. The molecule has 0 radical (unpaired) electrons. The topological polar surface area (TPSA) is 68.0 Å². The summed E-state index contributed by atoms with van der Waals surface area (Å²) in [5.74, 6) is 0.756. The molecule has 2 heterocycles. The van der Waals surface area contributed by atoms with Crippen molar-refractivity contribution in [3.8, 4) is 0 Å². The predicted octanol–water partition coefficient (Wildman–Crippen LogP) is 2.87. The van der Waals surface area contributed by atoms with E-state index in [1.54, 1.807) is 17.4 Å². The number of amides is 1. The van der Waals surface area contributed by atoms with Gasteiger partial charge in [0.05, 0.1) is 0 Å². The molecule has 0 unspecified atom stereocenters. The molecule has 0 atom stereocenters. The van der Waals surface area contributed by atoms with Gasteiger partial charge in [0, 0.05) is 23.9 Å². The van der Waals surface area contributed by atoms with Crippen LogP contribution in [0.2, 0.25) is 0 Å². The number of nitrogens with one attached hydrogen (secondary N) is 1. The highest BCUT2D eigenvalue weighted by molar-refractivity contribution is 7.11. The van der Waals surface area contributed by atoms with Crippen molar-refractivity contribution in [2.24, 2.45) is 0 Å². The van der Waals surface area contributed by atoms with Crippen LogP contribution < -0.4 is 5.32 Å². The molecule has 108 valence electrons. The highest BCUT2D eigenvalue weighted by Crippen LogP contribution is 2.20. The van der Waals surface area contributed by atoms with Crippen LogP contribution in [0.3, 0.4) is 0 Å². The molecule has 0 bridgehead atoms. The summed E-state index contributed by atoms with van der Waals surface area (Å²) in [6, 6.07) is 7.37. The molecule has 21 heavy (non-hydrogen) atoms. The van der Waals surface area contributed by atoms with Crippen molar-refractivity contribution in [1.29, 1.82) is 0 Å². The lowest BCUT2D eigenvalue weighted by atomic mass is 10.1. The average Bonchev–Trinajstić information content (AvgIpc) is 3.02. The minimum atomic E-state index is -0.0861. The second-order valence-electron chi connectivity index (χ2n) is 4.83. The van der Waals surface area contributed by atoms with Gasteiger partial charge in [-0.2, -0.15) is 0 Å². The van der Waals surface area contributed by atoms with Gasteiger partial charge in [0.1, 0.15) is 21.4 Å². The van der Waals surface area contributed by atoms with Gasteiger partial charge in [-0.05, 0) is 38.1 Å². The van der Waals surface area contributed by atoms with Gasteiger partial charge < -0.3 is 9.73 Å². The number of furan rings is 1. The largest absolute Gasteiger partial charge is 0.461 e. The Labute approximate surface area is 126 Å². The fraction of sp³-hybridized carbons (Fsp3) is 0.267. The summed E-state index contributed by atoms with van der Waals surface area (Å²) in [4.78, 5) is 12.1. The number of aryl methyl sites for hydroxylation is 2. The highest BCUT2D eigenvalue weighted by Gasteiger charge is 2.08. The Bertz CT molecular complexity index is 791. The monoisotopic (exact) mass is 301 g/mol. The number of hydrogen-bond donors (Lipinski definition) is 1. The smallest absolute Gasteiger partial charge is 0.251 e. The van der Waals surface area contributed by atoms with E-state index in [1.165, 1.54) is 0 Å². The van der Waals surface area contributed by atoms with Gasteiger partial charge in [-0.25, -0.2) is 0 Å². The second kappa shape index (κ2) is 5.65. The third kappa shape index (κ3) is 3.11. The first-order chi connectivity index (χ1) is 10.1. The average molecular weight is 301 g/mol. The fourth-order valence-corrected chi connectivity index (χ4v) is 2.85. The normalized spacial score (nSPS) is 11.0. The zero-order valence-corrected chi connectivity index (χ0v) is 12.7. The van der Waals surface area contributed by atoms with E-state index in [2.05, 4.69) is 15.5 Å². The van der Waals surface area contributed by atoms with E-state index in [0.29, 0.717) is 18.5 Å². The minimum Gasteiger partial charge on any atom is -0.461 e. The maximum absolute atomic E-state index is 12.1. The standard InChI is InChI=1S/C15H15N3O2S/c1-9-7-12-8-11(3-4-13(12)20-9)15(19)16-6-5-14-18-17-10(2)21-14/h3-4,7-8H,5-6H2,1-2H3,(H,16,19). The van der Waals surface area contributed by atoms with Gasteiger partial charge >= 0.3 is 0 Å². The van der Waals surface area contributed by atoms with Crippen LogP contribution in [0.5, 0.6) is 0 Å². The van der Waals surface area contributed by atoms with E-state index < -0.39 is 0 Å². The maximum atomic E-state index is 12.1. The van der Waals surface area contributed by atoms with Crippen molar-refractivity contribution in [1.82, 2.24) is 15.5 Å². The Kier molecular flexibility index (Phi) is 3.70. The number of hydrogen-bond acceptors (Lipinski definition) is 5. The highest BCUT2D eigenvalue weighted by atomic mass is 32.1. The van der Waals surface area contributed by atoms with E-state index in [0.717, 1.165) is 26.7 Å². The number of carbonyl (C=O) groups excluding carboxylic acids is 1. The summed E-state index contributed by atoms with van der Waals surface area (Å²) in [5.41, 5.74) is 1.44. The first kappa shape index (κ1) is 13.8. The number of benzene rings is 1. The molecule has 1 aromatic carbocycles. The molecule has 1 amide bonds. The molecule has 5 nitrogen and oxygen atoms in total. The summed E-state index contributed by atoms with van der Waals surface area (Å²) < 4.78 is 5.50. The lowest BCUT2D eigenvalue weighted by Gasteiger charge is -2.03. The van der Waals surface area contributed by atoms with Crippen LogP contribution in [0.25, 0.3) is 11.0 Å². The van der Waals surface area contributed by atoms with Gasteiger partial charge in [-0.1, -0.05) is 0 Å². The second-order valence-corrected chi connectivity index (χ2v) is 6.10. The number of carbonyl (C=O) groups is 1. The Morgan fingerprint density at radius 2 is 2.14 bits per heavy atom. The number of rotatable bonds is 4. The predicted molar refractivity (Wildman–Crippen MR) is 81.6 cm³/mol. The van der Waals surface area contributed by atoms with Crippen LogP contribution in [0.1, 0.15) is 26.1 Å². The van der Waals surface area contributed by atoms with Crippen molar-refractivity contribution in [3.05, 3.63) is 45.6 Å². The Hall–Kier alpha value is -2.21. The molecule has 0 saturated carbocycles. The molecule has 0 spiro atoms. The molecule has 0 fully saturated rings. The van der Waals surface area contributed by atoms with Gasteiger partial charge in [0.25, 0.3) is 5.91 Å². The van der Waals surface area contributed by atoms with Crippen LogP contribution in [0.4, 0.5) is 0 Å². The molecule has 0 aliphatic rings. The Balaban J connectivity index is 1.63. The van der Waals surface area contributed by atoms with Gasteiger partial charge in [0.15, 0.2) is 0 Å². The molecule has 1 N–H and O–H groups in total. The number of fused-ring (bicyclic) bond motifs is 1. The number of aromatic nitrogens is 2. The van der Waals surface area contributed by atoms with E-state index in [4.69, 9.17) is 4.42 Å². The third-order valence-electron chi connectivity index (χ3n) is 3.09. The first-order valence-electron chi connectivity index (χ1n) is 6.69. The molecule has 3 aromatic rings. The van der Waals surface area contributed by atoms with Crippen molar-refractivity contribution >= 4 is 28.2 Å². The Morgan fingerprint density at radius 3 is 2.90 bits per heavy atom. The van der Waals surface area contributed by atoms with E-state index in [9.17, 15) is 4.79 Å². The van der Waals surface area contributed by atoms with Crippen LogP contribution in [-0.2, 0) is 6.42 Å². The quantitative estimate of drug-likeness (QED) is 0.804. The van der Waals surface area contributed by atoms with Crippen molar-refractivity contribution in [2.75, 3.05) is 6.54 Å². The third-order valence-corrected chi connectivity index (χ3v) is 3.99. The summed E-state index contributed by atoms with van der Waals surface area (Å²) >= 11 is 1.55. The molecular weight excluding hydrogens is 286 g/mol. The van der Waals surface area contributed by atoms with E-state index in [-0.39, 0.29) is 5.91 Å². The summed E-state index contributed by atoms with van der Waals surface area (Å²) in [6.45, 7) is 4.36. The number of nitrogens with zero attached hydrogens (tertiary/aromatic N) is 2. The van der Waals surface area contributed by atoms with Gasteiger partial charge in [0.2, 0.25) is 0 Å². The molecule has 0 aliphatic heterocycles. The van der Waals surface area contributed by atoms with Crippen LogP contribution in [0, 0.1) is 13.8 Å². The van der Waals surface area contributed by atoms with Crippen LogP contribution >= 0.6 is 11.3 Å². The fourth-order valence-electron chi connectivity index (χ4n) is 2.14. The molecule has 3 rings (SSSR count). The molecular formula is C15H15N3O2S. The zero-order valence-electron chi connectivity index (χ0n) is 11.8. The van der Waals surface area contributed by atoms with E-state index in [1.807, 2.05) is 32.0 Å². The van der Waals surface area contributed by atoms with Crippen molar-refractivity contribution in [2.45, 2.75) is 20.3 Å². The van der Waals surface area contributed by atoms with Gasteiger partial charge in [-0.15, -0.1) is 21.5 Å². The minimum absolute atomic E-state index is 0.0861. The molecule has 0 aliphatic carbocycles. The molecule has 2 aromatic heterocycles. The summed E-state index contributed by atoms with van der Waals surface area (Å²) in [6.07, 6.45) is 0.699. The van der Waals surface area contributed by atoms with Crippen LogP contribution in [0.15, 0.2) is 28.7 Å².